The molecule has 0 atom stereocenters. The first-order valence-corrected chi connectivity index (χ1v) is 19.5. The Morgan fingerprint density at radius 1 is 0.446 bits per heavy atom. The second-order valence-electron chi connectivity index (χ2n) is 16.1. The maximum absolute atomic E-state index is 5.10. The van der Waals surface area contributed by atoms with E-state index in [-0.39, 0.29) is 16.7 Å². The molecule has 3 aromatic heterocycles. The van der Waals surface area contributed by atoms with E-state index in [1.807, 2.05) is 24.5 Å². The van der Waals surface area contributed by atoms with Crippen LogP contribution in [0.15, 0.2) is 176 Å². The summed E-state index contributed by atoms with van der Waals surface area (Å²) in [5, 5.41) is 0. The number of fused-ring (bicyclic) bond motifs is 4. The molecule has 0 radical (unpaired) electrons. The molecule has 0 bridgehead atoms. The summed E-state index contributed by atoms with van der Waals surface area (Å²) in [6, 6.07) is 55.6. The average Bonchev–Trinajstić information content (AvgIpc) is 3.25. The van der Waals surface area contributed by atoms with E-state index < -0.39 is 0 Å². The van der Waals surface area contributed by atoms with E-state index in [1.54, 1.807) is 12.4 Å². The Morgan fingerprint density at radius 2 is 0.982 bits per heavy atom. The van der Waals surface area contributed by atoms with Crippen LogP contribution >= 0.6 is 0 Å². The van der Waals surface area contributed by atoms with Crippen molar-refractivity contribution in [2.24, 2.45) is 0 Å². The molecule has 270 valence electrons. The van der Waals surface area contributed by atoms with Gasteiger partial charge in [0.2, 0.25) is 0 Å². The topological polar surface area (TPSA) is 41.9 Å². The van der Waals surface area contributed by atoms with Crippen molar-refractivity contribution in [3.8, 4) is 33.6 Å². The number of nitrogens with zero attached hydrogens (tertiary/aromatic N) is 4. The van der Waals surface area contributed by atoms with E-state index in [4.69, 9.17) is 4.98 Å². The second-order valence-corrected chi connectivity index (χ2v) is 16.1. The van der Waals surface area contributed by atoms with Gasteiger partial charge in [0.05, 0.1) is 22.8 Å². The molecule has 1 aliphatic heterocycles. The molecular formula is C52H42N4. The molecule has 1 aliphatic carbocycles. The van der Waals surface area contributed by atoms with Gasteiger partial charge < -0.3 is 4.90 Å². The van der Waals surface area contributed by atoms with E-state index in [9.17, 15) is 0 Å². The third-order valence-electron chi connectivity index (χ3n) is 12.2. The average molecular weight is 723 g/mol. The van der Waals surface area contributed by atoms with Gasteiger partial charge in [0.15, 0.2) is 0 Å². The lowest BCUT2D eigenvalue weighted by atomic mass is 9.63. The van der Waals surface area contributed by atoms with E-state index in [1.165, 1.54) is 50.3 Å². The quantitative estimate of drug-likeness (QED) is 0.177. The van der Waals surface area contributed by atoms with Crippen LogP contribution in [-0.4, -0.2) is 15.0 Å². The molecular weight excluding hydrogens is 681 g/mol. The smallest absolute Gasteiger partial charge is 0.0731 e. The summed E-state index contributed by atoms with van der Waals surface area (Å²) < 4.78 is 0. The molecule has 0 spiro atoms. The molecule has 0 fully saturated rings. The fourth-order valence-corrected chi connectivity index (χ4v) is 9.30. The molecule has 8 aromatic rings. The van der Waals surface area contributed by atoms with Gasteiger partial charge in [-0.3, -0.25) is 9.97 Å². The monoisotopic (exact) mass is 722 g/mol. The van der Waals surface area contributed by atoms with Crippen LogP contribution in [-0.2, 0) is 10.8 Å². The summed E-state index contributed by atoms with van der Waals surface area (Å²) in [7, 11) is 0. The van der Waals surface area contributed by atoms with E-state index >= 15 is 0 Å². The lowest BCUT2D eigenvalue weighted by Crippen LogP contribution is -2.32. The maximum Gasteiger partial charge on any atom is 0.0731 e. The third kappa shape index (κ3) is 5.39. The number of aromatic nitrogens is 3. The Balaban J connectivity index is 1.17. The Bertz CT molecular complexity index is 2650. The van der Waals surface area contributed by atoms with Crippen LogP contribution < -0.4 is 4.90 Å². The largest absolute Gasteiger partial charge is 0.310 e. The van der Waals surface area contributed by atoms with Crippen molar-refractivity contribution in [1.82, 2.24) is 15.0 Å². The highest BCUT2D eigenvalue weighted by atomic mass is 15.2. The minimum Gasteiger partial charge on any atom is -0.310 e. The standard InChI is InChI=1S/C52H42N4/c1-51(2)42-20-10-8-18-40(42)50(41-19-9-11-21-43(41)51)35-23-25-49-45(29-35)52(3,4)44-28-34(22-24-48(44)56(49)39-16-6-5-7-17-39)38-30-46(36-14-12-26-53-32-36)55-47(31-38)37-15-13-27-54-33-37/h5-33,50H,1-4H3. The number of hydrogen-bond donors (Lipinski definition) is 0. The van der Waals surface area contributed by atoms with Gasteiger partial charge in [-0.2, -0.15) is 0 Å². The minimum absolute atomic E-state index is 0.0860. The molecule has 5 aromatic carbocycles. The van der Waals surface area contributed by atoms with Gasteiger partial charge in [-0.1, -0.05) is 113 Å². The number of anilines is 3. The van der Waals surface area contributed by atoms with Crippen molar-refractivity contribution >= 4 is 17.1 Å². The van der Waals surface area contributed by atoms with Crippen LogP contribution in [0.3, 0.4) is 0 Å². The van der Waals surface area contributed by atoms with Crippen molar-refractivity contribution < 1.29 is 0 Å². The Labute approximate surface area is 329 Å². The molecule has 0 N–H and O–H groups in total. The fraction of sp³-hybridized carbons (Fsp3) is 0.135. The number of rotatable bonds is 5. The first-order chi connectivity index (χ1) is 27.3. The van der Waals surface area contributed by atoms with Gasteiger partial charge in [0.25, 0.3) is 0 Å². The zero-order chi connectivity index (χ0) is 38.0. The summed E-state index contributed by atoms with van der Waals surface area (Å²) in [4.78, 5) is 16.4. The summed E-state index contributed by atoms with van der Waals surface area (Å²) >= 11 is 0. The predicted molar refractivity (Wildman–Crippen MR) is 229 cm³/mol. The summed E-state index contributed by atoms with van der Waals surface area (Å²) in [5.74, 6) is 0.128. The van der Waals surface area contributed by atoms with Gasteiger partial charge in [0, 0.05) is 58.3 Å². The van der Waals surface area contributed by atoms with Gasteiger partial charge in [-0.05, 0) is 117 Å². The highest BCUT2D eigenvalue weighted by molar-refractivity contribution is 5.88. The Kier molecular flexibility index (Phi) is 7.86. The van der Waals surface area contributed by atoms with E-state index in [2.05, 4.69) is 182 Å². The zero-order valence-electron chi connectivity index (χ0n) is 32.1. The summed E-state index contributed by atoms with van der Waals surface area (Å²) in [6.07, 6.45) is 7.36. The first-order valence-electron chi connectivity index (χ1n) is 19.5. The number of benzene rings is 5. The van der Waals surface area contributed by atoms with Crippen LogP contribution in [0, 0.1) is 0 Å². The minimum atomic E-state index is -0.319. The summed E-state index contributed by atoms with van der Waals surface area (Å²) in [5.41, 5.74) is 18.6. The van der Waals surface area contributed by atoms with Crippen LogP contribution in [0.1, 0.15) is 72.6 Å². The normalized spacial score (nSPS) is 15.0. The molecule has 4 heteroatoms. The predicted octanol–water partition coefficient (Wildman–Crippen LogP) is 12.8. The number of para-hydroxylation sites is 1. The maximum atomic E-state index is 5.10. The fourth-order valence-electron chi connectivity index (χ4n) is 9.30. The van der Waals surface area contributed by atoms with Crippen molar-refractivity contribution in [1.29, 1.82) is 0 Å². The van der Waals surface area contributed by atoms with Gasteiger partial charge in [0.1, 0.15) is 0 Å². The van der Waals surface area contributed by atoms with Crippen molar-refractivity contribution in [2.75, 3.05) is 4.90 Å². The lowest BCUT2D eigenvalue weighted by Gasteiger charge is -2.43. The molecule has 2 aliphatic rings. The van der Waals surface area contributed by atoms with Gasteiger partial charge in [-0.15, -0.1) is 0 Å². The van der Waals surface area contributed by atoms with Crippen molar-refractivity contribution in [3.05, 3.63) is 215 Å². The molecule has 4 nitrogen and oxygen atoms in total. The summed E-state index contributed by atoms with van der Waals surface area (Å²) in [6.45, 7) is 9.51. The number of pyridine rings is 3. The molecule has 0 unspecified atom stereocenters. The zero-order valence-corrected chi connectivity index (χ0v) is 32.1. The SMILES string of the molecule is CC1(C)c2ccccc2C(c2ccc3c(c2)C(C)(C)c2cc(-c4cc(-c5cccnc5)nc(-c5cccnc5)c4)ccc2N3c2ccccc2)c2ccccc21. The molecule has 4 heterocycles. The van der Waals surface area contributed by atoms with E-state index in [0.717, 1.165) is 39.3 Å². The molecule has 10 rings (SSSR count). The van der Waals surface area contributed by atoms with Crippen molar-refractivity contribution in [2.45, 2.75) is 44.4 Å². The number of hydrogen-bond acceptors (Lipinski definition) is 4. The van der Waals surface area contributed by atoms with E-state index in [0.29, 0.717) is 0 Å². The lowest BCUT2D eigenvalue weighted by molar-refractivity contribution is 0.596. The Morgan fingerprint density at radius 3 is 1.57 bits per heavy atom. The van der Waals surface area contributed by atoms with Crippen LogP contribution in [0.25, 0.3) is 33.6 Å². The third-order valence-corrected chi connectivity index (χ3v) is 12.2. The second kappa shape index (κ2) is 13.0. The van der Waals surface area contributed by atoms with Crippen molar-refractivity contribution in [3.63, 3.8) is 0 Å². The molecule has 0 saturated heterocycles. The van der Waals surface area contributed by atoms with Crippen LogP contribution in [0.4, 0.5) is 17.1 Å². The molecule has 0 amide bonds. The molecule has 56 heavy (non-hydrogen) atoms. The van der Waals surface area contributed by atoms with Gasteiger partial charge in [-0.25, -0.2) is 4.98 Å². The Hall–Kier alpha value is -6.65. The highest BCUT2D eigenvalue weighted by Crippen LogP contribution is 2.55. The van der Waals surface area contributed by atoms with Crippen LogP contribution in [0.2, 0.25) is 0 Å². The van der Waals surface area contributed by atoms with Crippen LogP contribution in [0.5, 0.6) is 0 Å². The first kappa shape index (κ1) is 33.9. The van der Waals surface area contributed by atoms with Gasteiger partial charge >= 0.3 is 0 Å². The highest BCUT2D eigenvalue weighted by Gasteiger charge is 2.41. The molecule has 0 saturated carbocycles.